The zero-order valence-electron chi connectivity index (χ0n) is 14.8. The number of hydrogen-bond donors (Lipinski definition) is 1. The van der Waals surface area contributed by atoms with Crippen LogP contribution in [0.1, 0.15) is 37.6 Å². The Morgan fingerprint density at radius 1 is 1.04 bits per heavy atom. The van der Waals surface area contributed by atoms with E-state index in [4.69, 9.17) is 0 Å². The Morgan fingerprint density at radius 3 is 2.48 bits per heavy atom. The van der Waals surface area contributed by atoms with Gasteiger partial charge in [-0.2, -0.15) is 0 Å². The minimum absolute atomic E-state index is 0.167. The fourth-order valence-corrected chi connectivity index (χ4v) is 3.98. The fourth-order valence-electron chi connectivity index (χ4n) is 3.98. The van der Waals surface area contributed by atoms with E-state index in [2.05, 4.69) is 30.8 Å². The molecule has 4 rings (SSSR count). The number of anilines is 2. The highest BCUT2D eigenvalue weighted by Gasteiger charge is 2.30. The maximum absolute atomic E-state index is 10.8. The molecule has 2 aliphatic heterocycles. The van der Waals surface area contributed by atoms with Crippen LogP contribution in [0.15, 0.2) is 24.8 Å². The molecule has 2 fully saturated rings. The Balaban J connectivity index is 1.49. The Hall–Kier alpha value is -2.15. The minimum Gasteiger partial charge on any atom is -0.385 e. The third-order valence-corrected chi connectivity index (χ3v) is 5.42. The Bertz CT molecular complexity index is 711. The molecule has 0 radical (unpaired) electrons. The SMILES string of the molecule is Cn1ccnc1[C@@H](O)[C@@H]1CCCN(c2cc(N3CCCC3)ncn2)C1. The molecule has 0 amide bonds. The summed E-state index contributed by atoms with van der Waals surface area (Å²) in [5.74, 6) is 2.90. The van der Waals surface area contributed by atoms with Crippen LogP contribution in [-0.4, -0.2) is 50.8 Å². The molecule has 134 valence electrons. The third-order valence-electron chi connectivity index (χ3n) is 5.42. The van der Waals surface area contributed by atoms with Crippen LogP contribution in [0.5, 0.6) is 0 Å². The van der Waals surface area contributed by atoms with Crippen LogP contribution in [0.2, 0.25) is 0 Å². The molecule has 0 bridgehead atoms. The van der Waals surface area contributed by atoms with E-state index in [0.717, 1.165) is 56.5 Å². The van der Waals surface area contributed by atoms with Gasteiger partial charge in [0.1, 0.15) is 29.9 Å². The van der Waals surface area contributed by atoms with Gasteiger partial charge < -0.3 is 19.5 Å². The van der Waals surface area contributed by atoms with Crippen LogP contribution in [0.4, 0.5) is 11.6 Å². The molecule has 0 spiro atoms. The molecule has 2 aliphatic rings. The highest BCUT2D eigenvalue weighted by atomic mass is 16.3. The van der Waals surface area contributed by atoms with Gasteiger partial charge in [0.15, 0.2) is 0 Å². The lowest BCUT2D eigenvalue weighted by Gasteiger charge is -2.35. The summed E-state index contributed by atoms with van der Waals surface area (Å²) in [5, 5.41) is 10.8. The number of rotatable bonds is 4. The van der Waals surface area contributed by atoms with Crippen LogP contribution in [0.25, 0.3) is 0 Å². The van der Waals surface area contributed by atoms with Gasteiger partial charge in [0.25, 0.3) is 0 Å². The van der Waals surface area contributed by atoms with Gasteiger partial charge in [-0.1, -0.05) is 0 Å². The first-order valence-corrected chi connectivity index (χ1v) is 9.19. The predicted octanol–water partition coefficient (Wildman–Crippen LogP) is 1.76. The second-order valence-corrected chi connectivity index (χ2v) is 7.12. The molecule has 0 aromatic carbocycles. The highest BCUT2D eigenvalue weighted by molar-refractivity contribution is 5.50. The molecule has 0 aliphatic carbocycles. The van der Waals surface area contributed by atoms with Gasteiger partial charge in [-0.25, -0.2) is 15.0 Å². The van der Waals surface area contributed by atoms with Gasteiger partial charge in [0.2, 0.25) is 0 Å². The quantitative estimate of drug-likeness (QED) is 0.913. The van der Waals surface area contributed by atoms with Crippen molar-refractivity contribution in [2.45, 2.75) is 31.8 Å². The number of aromatic nitrogens is 4. The first-order chi connectivity index (χ1) is 12.2. The van der Waals surface area contributed by atoms with Crippen molar-refractivity contribution in [3.05, 3.63) is 30.6 Å². The molecule has 2 aromatic heterocycles. The first kappa shape index (κ1) is 16.3. The summed E-state index contributed by atoms with van der Waals surface area (Å²) >= 11 is 0. The van der Waals surface area contributed by atoms with Crippen molar-refractivity contribution >= 4 is 11.6 Å². The van der Waals surface area contributed by atoms with Crippen molar-refractivity contribution in [2.24, 2.45) is 13.0 Å². The Morgan fingerprint density at radius 2 is 1.76 bits per heavy atom. The van der Waals surface area contributed by atoms with Crippen molar-refractivity contribution in [2.75, 3.05) is 36.0 Å². The molecule has 0 unspecified atom stereocenters. The molecule has 7 heteroatoms. The summed E-state index contributed by atoms with van der Waals surface area (Å²) in [5.41, 5.74) is 0. The monoisotopic (exact) mass is 342 g/mol. The topological polar surface area (TPSA) is 70.3 Å². The number of aryl methyl sites for hydroxylation is 1. The van der Waals surface area contributed by atoms with Gasteiger partial charge in [-0.05, 0) is 25.7 Å². The van der Waals surface area contributed by atoms with Gasteiger partial charge >= 0.3 is 0 Å². The van der Waals surface area contributed by atoms with Crippen molar-refractivity contribution in [1.29, 1.82) is 0 Å². The Labute approximate surface area is 148 Å². The number of hydrogen-bond acceptors (Lipinski definition) is 6. The normalized spacial score (nSPS) is 22.4. The molecule has 2 aromatic rings. The van der Waals surface area contributed by atoms with Crippen molar-refractivity contribution < 1.29 is 5.11 Å². The van der Waals surface area contributed by atoms with Gasteiger partial charge in [-0.3, -0.25) is 0 Å². The van der Waals surface area contributed by atoms with E-state index in [0.29, 0.717) is 0 Å². The zero-order valence-corrected chi connectivity index (χ0v) is 14.8. The maximum atomic E-state index is 10.8. The van der Waals surface area contributed by atoms with Crippen LogP contribution < -0.4 is 9.80 Å². The van der Waals surface area contributed by atoms with E-state index in [1.807, 2.05) is 17.8 Å². The number of nitrogens with zero attached hydrogens (tertiary/aromatic N) is 6. The summed E-state index contributed by atoms with van der Waals surface area (Å²) < 4.78 is 1.90. The molecular weight excluding hydrogens is 316 g/mol. The largest absolute Gasteiger partial charge is 0.385 e. The summed E-state index contributed by atoms with van der Waals surface area (Å²) in [4.78, 5) is 17.9. The van der Waals surface area contributed by atoms with Crippen molar-refractivity contribution in [3.8, 4) is 0 Å². The summed E-state index contributed by atoms with van der Waals surface area (Å²) in [6.45, 7) is 3.93. The second-order valence-electron chi connectivity index (χ2n) is 7.12. The van der Waals surface area contributed by atoms with E-state index < -0.39 is 6.10 Å². The molecule has 25 heavy (non-hydrogen) atoms. The fraction of sp³-hybridized carbons (Fsp3) is 0.611. The van der Waals surface area contributed by atoms with E-state index in [9.17, 15) is 5.11 Å². The van der Waals surface area contributed by atoms with E-state index >= 15 is 0 Å². The Kier molecular flexibility index (Phi) is 4.57. The molecular formula is C18H26N6O. The van der Waals surface area contributed by atoms with Crippen molar-refractivity contribution in [3.63, 3.8) is 0 Å². The van der Waals surface area contributed by atoms with Gasteiger partial charge in [0.05, 0.1) is 0 Å². The summed E-state index contributed by atoms with van der Waals surface area (Å²) in [7, 11) is 1.93. The van der Waals surface area contributed by atoms with Crippen molar-refractivity contribution in [1.82, 2.24) is 19.5 Å². The first-order valence-electron chi connectivity index (χ1n) is 9.19. The number of aliphatic hydroxyl groups is 1. The summed E-state index contributed by atoms with van der Waals surface area (Å²) in [6.07, 6.45) is 9.29. The lowest BCUT2D eigenvalue weighted by molar-refractivity contribution is 0.0874. The van der Waals surface area contributed by atoms with Crippen LogP contribution in [0.3, 0.4) is 0 Å². The van der Waals surface area contributed by atoms with E-state index in [-0.39, 0.29) is 5.92 Å². The molecule has 0 saturated carbocycles. The molecule has 7 nitrogen and oxygen atoms in total. The van der Waals surface area contributed by atoms with Gasteiger partial charge in [-0.15, -0.1) is 0 Å². The van der Waals surface area contributed by atoms with E-state index in [1.165, 1.54) is 12.8 Å². The van der Waals surface area contributed by atoms with Gasteiger partial charge in [0, 0.05) is 57.6 Å². The van der Waals surface area contributed by atoms with Crippen LogP contribution in [-0.2, 0) is 7.05 Å². The predicted molar refractivity (Wildman–Crippen MR) is 96.6 cm³/mol. The van der Waals surface area contributed by atoms with Crippen LogP contribution in [0, 0.1) is 5.92 Å². The molecule has 4 heterocycles. The average Bonchev–Trinajstić information content (AvgIpc) is 3.33. The average molecular weight is 342 g/mol. The number of imidazole rings is 1. The maximum Gasteiger partial charge on any atom is 0.137 e. The van der Waals surface area contributed by atoms with Crippen LogP contribution >= 0.6 is 0 Å². The lowest BCUT2D eigenvalue weighted by Crippen LogP contribution is -2.39. The summed E-state index contributed by atoms with van der Waals surface area (Å²) in [6, 6.07) is 2.10. The molecule has 2 saturated heterocycles. The highest BCUT2D eigenvalue weighted by Crippen LogP contribution is 2.31. The molecule has 2 atom stereocenters. The number of aliphatic hydroxyl groups excluding tert-OH is 1. The number of piperidine rings is 1. The zero-order chi connectivity index (χ0) is 17.2. The lowest BCUT2D eigenvalue weighted by atomic mass is 9.92. The smallest absolute Gasteiger partial charge is 0.137 e. The third kappa shape index (κ3) is 3.33. The molecule has 1 N–H and O–H groups in total. The second kappa shape index (κ2) is 7.00. The minimum atomic E-state index is -0.539. The standard InChI is InChI=1S/C18H26N6O/c1-22-10-6-19-18(22)17(25)14-5-4-9-24(12-14)16-11-15(20-13-21-16)23-7-2-3-8-23/h6,10-11,13-14,17,25H,2-5,7-9,12H2,1H3/t14-,17+/m1/s1. The van der Waals surface area contributed by atoms with E-state index in [1.54, 1.807) is 12.5 Å².